The van der Waals surface area contributed by atoms with Gasteiger partial charge in [-0.05, 0) is 34.5 Å². The summed E-state index contributed by atoms with van der Waals surface area (Å²) >= 11 is 3.03. The van der Waals surface area contributed by atoms with E-state index in [1.165, 1.54) is 6.07 Å². The maximum absolute atomic E-state index is 13.0. The third kappa shape index (κ3) is 2.01. The molecule has 0 saturated carbocycles. The molecule has 1 rings (SSSR count). The number of aliphatic hydroxyl groups excluding tert-OH is 1. The first kappa shape index (κ1) is 9.61. The molecule has 0 aliphatic rings. The number of rotatable bonds is 2. The van der Waals surface area contributed by atoms with Crippen molar-refractivity contribution < 1.29 is 9.50 Å². The summed E-state index contributed by atoms with van der Waals surface area (Å²) in [6.07, 6.45) is -0.272. The molecule has 4 heteroatoms. The molecule has 0 aliphatic carbocycles. The first-order valence-corrected chi connectivity index (χ1v) is 4.44. The largest absolute Gasteiger partial charge is 0.388 e. The average Bonchev–Trinajstić information content (AvgIpc) is 2.03. The Hall–Kier alpha value is -0.480. The van der Waals surface area contributed by atoms with Crippen LogP contribution < -0.4 is 0 Å². The van der Waals surface area contributed by atoms with Crippen LogP contribution in [0.5, 0.6) is 0 Å². The minimum absolute atomic E-state index is 0.251. The van der Waals surface area contributed by atoms with Gasteiger partial charge in [0.2, 0.25) is 5.95 Å². The maximum Gasteiger partial charge on any atom is 0.219 e. The van der Waals surface area contributed by atoms with Crippen molar-refractivity contribution in [3.8, 4) is 0 Å². The summed E-state index contributed by atoms with van der Waals surface area (Å²) in [4.78, 5) is 3.53. The van der Waals surface area contributed by atoms with E-state index < -0.39 is 12.1 Å². The van der Waals surface area contributed by atoms with Crippen LogP contribution in [0, 0.1) is 5.95 Å². The average molecular weight is 234 g/mol. The Bertz CT molecular complexity index is 280. The van der Waals surface area contributed by atoms with Crippen molar-refractivity contribution in [1.82, 2.24) is 4.98 Å². The molecule has 0 fully saturated rings. The van der Waals surface area contributed by atoms with Crippen LogP contribution in [0.25, 0.3) is 0 Å². The van der Waals surface area contributed by atoms with Crippen LogP contribution in [0.4, 0.5) is 4.39 Å². The molecular weight excluding hydrogens is 225 g/mol. The summed E-state index contributed by atoms with van der Waals surface area (Å²) in [5.74, 6) is -0.612. The minimum atomic E-state index is -0.759. The van der Waals surface area contributed by atoms with Gasteiger partial charge in [-0.3, -0.25) is 0 Å². The molecule has 0 aliphatic heterocycles. The van der Waals surface area contributed by atoms with E-state index in [9.17, 15) is 9.50 Å². The zero-order valence-electron chi connectivity index (χ0n) is 6.59. The molecule has 0 saturated heterocycles. The second kappa shape index (κ2) is 3.96. The number of hydrogen-bond acceptors (Lipinski definition) is 2. The number of aromatic nitrogens is 1. The van der Waals surface area contributed by atoms with Gasteiger partial charge in [-0.2, -0.15) is 4.39 Å². The fourth-order valence-corrected chi connectivity index (χ4v) is 1.18. The van der Waals surface area contributed by atoms with Crippen LogP contribution in [0.2, 0.25) is 0 Å². The Morgan fingerprint density at radius 1 is 1.67 bits per heavy atom. The van der Waals surface area contributed by atoms with Crippen LogP contribution in [0.3, 0.4) is 0 Å². The fraction of sp³-hybridized carbons (Fsp3) is 0.375. The van der Waals surface area contributed by atoms with Gasteiger partial charge in [-0.15, -0.1) is 0 Å². The molecule has 1 atom stereocenters. The highest BCUT2D eigenvalue weighted by Crippen LogP contribution is 2.19. The zero-order chi connectivity index (χ0) is 9.14. The molecule has 1 heterocycles. The molecule has 66 valence electrons. The lowest BCUT2D eigenvalue weighted by molar-refractivity contribution is 0.167. The van der Waals surface area contributed by atoms with Crippen LogP contribution in [0.15, 0.2) is 16.7 Å². The Labute approximate surface area is 78.6 Å². The van der Waals surface area contributed by atoms with Crippen molar-refractivity contribution in [1.29, 1.82) is 0 Å². The van der Waals surface area contributed by atoms with Gasteiger partial charge in [0, 0.05) is 5.56 Å². The van der Waals surface area contributed by atoms with Gasteiger partial charge in [0.1, 0.15) is 4.60 Å². The highest BCUT2D eigenvalue weighted by molar-refractivity contribution is 9.10. The van der Waals surface area contributed by atoms with Crippen molar-refractivity contribution in [2.45, 2.75) is 19.4 Å². The van der Waals surface area contributed by atoms with Crippen LogP contribution in [-0.4, -0.2) is 10.1 Å². The molecule has 1 aromatic rings. The summed E-state index contributed by atoms with van der Waals surface area (Å²) in [5.41, 5.74) is 0.251. The fourth-order valence-electron chi connectivity index (χ4n) is 0.891. The van der Waals surface area contributed by atoms with E-state index in [0.29, 0.717) is 11.0 Å². The van der Waals surface area contributed by atoms with Gasteiger partial charge in [-0.1, -0.05) is 6.92 Å². The lowest BCUT2D eigenvalue weighted by Gasteiger charge is -2.07. The Morgan fingerprint density at radius 3 is 2.83 bits per heavy atom. The summed E-state index contributed by atoms with van der Waals surface area (Å²) in [6, 6.07) is 3.14. The number of aliphatic hydroxyl groups is 1. The van der Waals surface area contributed by atoms with E-state index in [1.54, 1.807) is 13.0 Å². The lowest BCUT2D eigenvalue weighted by Crippen LogP contribution is -2.00. The van der Waals surface area contributed by atoms with E-state index >= 15 is 0 Å². The van der Waals surface area contributed by atoms with Crippen LogP contribution in [0.1, 0.15) is 25.0 Å². The molecule has 1 unspecified atom stereocenters. The van der Waals surface area contributed by atoms with Gasteiger partial charge in [0.05, 0.1) is 6.10 Å². The van der Waals surface area contributed by atoms with Gasteiger partial charge in [-0.25, -0.2) is 4.98 Å². The quantitative estimate of drug-likeness (QED) is 0.797. The second-order valence-electron chi connectivity index (χ2n) is 2.44. The molecule has 0 amide bonds. The Morgan fingerprint density at radius 2 is 2.33 bits per heavy atom. The monoisotopic (exact) mass is 233 g/mol. The summed E-state index contributed by atoms with van der Waals surface area (Å²) in [6.45, 7) is 1.78. The van der Waals surface area contributed by atoms with Gasteiger partial charge in [0.15, 0.2) is 0 Å². The van der Waals surface area contributed by atoms with Crippen molar-refractivity contribution in [3.05, 3.63) is 28.2 Å². The molecule has 2 nitrogen and oxygen atoms in total. The molecule has 1 N–H and O–H groups in total. The van der Waals surface area contributed by atoms with Crippen molar-refractivity contribution >= 4 is 15.9 Å². The molecule has 0 aromatic carbocycles. The van der Waals surface area contributed by atoms with E-state index in [2.05, 4.69) is 20.9 Å². The topological polar surface area (TPSA) is 33.1 Å². The number of pyridine rings is 1. The normalized spacial score (nSPS) is 13.0. The molecule has 0 bridgehead atoms. The van der Waals surface area contributed by atoms with E-state index in [0.717, 1.165) is 0 Å². The van der Waals surface area contributed by atoms with E-state index in [-0.39, 0.29) is 5.56 Å². The maximum atomic E-state index is 13.0. The molecule has 0 spiro atoms. The molecule has 0 radical (unpaired) electrons. The van der Waals surface area contributed by atoms with Crippen molar-refractivity contribution in [2.24, 2.45) is 0 Å². The zero-order valence-corrected chi connectivity index (χ0v) is 8.18. The highest BCUT2D eigenvalue weighted by Gasteiger charge is 2.11. The van der Waals surface area contributed by atoms with E-state index in [1.807, 2.05) is 0 Å². The standard InChI is InChI=1S/C8H9BrFNO/c1-2-6(12)5-3-4-7(9)11-8(5)10/h3-4,6,12H,2H2,1H3. The molecule has 1 aromatic heterocycles. The third-order valence-corrected chi connectivity index (χ3v) is 2.03. The van der Waals surface area contributed by atoms with Crippen LogP contribution >= 0.6 is 15.9 Å². The first-order valence-electron chi connectivity index (χ1n) is 3.65. The number of nitrogens with zero attached hydrogens (tertiary/aromatic N) is 1. The van der Waals surface area contributed by atoms with Crippen molar-refractivity contribution in [3.63, 3.8) is 0 Å². The SMILES string of the molecule is CCC(O)c1ccc(Br)nc1F. The Balaban J connectivity index is 3.01. The Kier molecular flexibility index (Phi) is 3.17. The lowest BCUT2D eigenvalue weighted by atomic mass is 10.1. The smallest absolute Gasteiger partial charge is 0.219 e. The predicted octanol–water partition coefficient (Wildman–Crippen LogP) is 2.43. The third-order valence-electron chi connectivity index (χ3n) is 1.59. The number of hydrogen-bond donors (Lipinski definition) is 1. The van der Waals surface area contributed by atoms with Gasteiger partial charge in [0.25, 0.3) is 0 Å². The van der Waals surface area contributed by atoms with Gasteiger partial charge < -0.3 is 5.11 Å². The van der Waals surface area contributed by atoms with Crippen LogP contribution in [-0.2, 0) is 0 Å². The highest BCUT2D eigenvalue weighted by atomic mass is 79.9. The second-order valence-corrected chi connectivity index (χ2v) is 3.25. The summed E-state index contributed by atoms with van der Waals surface area (Å²) < 4.78 is 13.4. The molecular formula is C8H9BrFNO. The van der Waals surface area contributed by atoms with Gasteiger partial charge >= 0.3 is 0 Å². The molecule has 12 heavy (non-hydrogen) atoms. The minimum Gasteiger partial charge on any atom is -0.388 e. The van der Waals surface area contributed by atoms with E-state index in [4.69, 9.17) is 0 Å². The summed E-state index contributed by atoms with van der Waals surface area (Å²) in [5, 5.41) is 9.31. The predicted molar refractivity (Wildman–Crippen MR) is 47.1 cm³/mol. The summed E-state index contributed by atoms with van der Waals surface area (Å²) in [7, 11) is 0. The number of halogens is 2. The van der Waals surface area contributed by atoms with Crippen molar-refractivity contribution in [2.75, 3.05) is 0 Å². The first-order chi connectivity index (χ1) is 5.65.